The number of ether oxygens (including phenoxy) is 1. The molecule has 3 N–H and O–H groups in total. The molecule has 0 bridgehead atoms. The van der Waals surface area contributed by atoms with Gasteiger partial charge in [0.2, 0.25) is 0 Å². The summed E-state index contributed by atoms with van der Waals surface area (Å²) in [5.41, 5.74) is 8.02. The summed E-state index contributed by atoms with van der Waals surface area (Å²) in [4.78, 5) is 0. The van der Waals surface area contributed by atoms with E-state index >= 15 is 0 Å². The number of hydrogen-bond donors (Lipinski definition) is 2. The molecule has 2 aromatic rings. The Morgan fingerprint density at radius 1 is 1.19 bits per heavy atom. The number of rotatable bonds is 6. The molecule has 4 heteroatoms. The highest BCUT2D eigenvalue weighted by Gasteiger charge is 2.11. The van der Waals surface area contributed by atoms with Gasteiger partial charge < -0.3 is 15.6 Å². The van der Waals surface area contributed by atoms with E-state index < -0.39 is 0 Å². The van der Waals surface area contributed by atoms with Gasteiger partial charge in [-0.3, -0.25) is 0 Å². The third-order valence-corrected chi connectivity index (χ3v) is 3.67. The fraction of sp³-hybridized carbons (Fsp3) is 0.294. The van der Waals surface area contributed by atoms with Crippen LogP contribution in [0.5, 0.6) is 11.5 Å². The fourth-order valence-corrected chi connectivity index (χ4v) is 2.30. The lowest BCUT2D eigenvalue weighted by Crippen LogP contribution is -2.21. The van der Waals surface area contributed by atoms with Crippen LogP contribution >= 0.6 is 11.6 Å². The summed E-state index contributed by atoms with van der Waals surface area (Å²) in [7, 11) is 0. The first-order chi connectivity index (χ1) is 10.1. The lowest BCUT2D eigenvalue weighted by Gasteiger charge is -2.15. The number of phenolic OH excluding ortho intramolecular Hbond substituents is 1. The Bertz CT molecular complexity index is 584. The smallest absolute Gasteiger partial charge is 0.141 e. The number of halogens is 1. The van der Waals surface area contributed by atoms with Crippen LogP contribution in [-0.4, -0.2) is 11.1 Å². The molecule has 0 saturated carbocycles. The van der Waals surface area contributed by atoms with Gasteiger partial charge in [0.05, 0.1) is 5.02 Å². The fourth-order valence-electron chi connectivity index (χ4n) is 2.05. The molecule has 0 spiro atoms. The minimum absolute atomic E-state index is 0.0967. The maximum Gasteiger partial charge on any atom is 0.141 e. The van der Waals surface area contributed by atoms with Crippen LogP contribution in [0.15, 0.2) is 42.5 Å². The monoisotopic (exact) mass is 305 g/mol. The van der Waals surface area contributed by atoms with E-state index in [0.717, 1.165) is 24.0 Å². The average Bonchev–Trinajstić information content (AvgIpc) is 2.48. The molecule has 112 valence electrons. The van der Waals surface area contributed by atoms with Crippen molar-refractivity contribution in [2.24, 2.45) is 5.73 Å². The number of nitrogens with two attached hydrogens (primary N) is 1. The number of phenols is 1. The molecule has 0 aliphatic rings. The highest BCUT2D eigenvalue weighted by molar-refractivity contribution is 6.32. The van der Waals surface area contributed by atoms with Gasteiger partial charge >= 0.3 is 0 Å². The molecule has 3 nitrogen and oxygen atoms in total. The van der Waals surface area contributed by atoms with Crippen molar-refractivity contribution in [3.8, 4) is 11.5 Å². The van der Waals surface area contributed by atoms with Gasteiger partial charge in [-0.1, -0.05) is 42.8 Å². The molecular weight excluding hydrogens is 286 g/mol. The largest absolute Gasteiger partial charge is 0.508 e. The zero-order valence-corrected chi connectivity index (χ0v) is 12.8. The van der Waals surface area contributed by atoms with E-state index in [-0.39, 0.29) is 11.8 Å². The lowest BCUT2D eigenvalue weighted by molar-refractivity contribution is 0.302. The molecule has 21 heavy (non-hydrogen) atoms. The van der Waals surface area contributed by atoms with Crippen molar-refractivity contribution >= 4 is 11.6 Å². The standard InChI is InChI=1S/C17H20ClNO2/c1-2-14(19)10-13-4-3-5-16(18)17(13)21-11-12-6-8-15(20)9-7-12/h3-9,14,20H,2,10-11,19H2,1H3. The van der Waals surface area contributed by atoms with Crippen LogP contribution in [0.3, 0.4) is 0 Å². The zero-order chi connectivity index (χ0) is 15.2. The van der Waals surface area contributed by atoms with Crippen LogP contribution in [-0.2, 0) is 13.0 Å². The van der Waals surface area contributed by atoms with Gasteiger partial charge in [0.1, 0.15) is 18.1 Å². The van der Waals surface area contributed by atoms with Gasteiger partial charge in [0.15, 0.2) is 0 Å². The minimum atomic E-state index is 0.0967. The maximum absolute atomic E-state index is 9.28. The number of aromatic hydroxyl groups is 1. The number of para-hydroxylation sites is 1. The molecule has 0 saturated heterocycles. The Hall–Kier alpha value is -1.71. The second-order valence-corrected chi connectivity index (χ2v) is 5.46. The predicted molar refractivity (Wildman–Crippen MR) is 85.9 cm³/mol. The van der Waals surface area contributed by atoms with Crippen LogP contribution in [0.25, 0.3) is 0 Å². The Morgan fingerprint density at radius 2 is 1.90 bits per heavy atom. The second-order valence-electron chi connectivity index (χ2n) is 5.06. The summed E-state index contributed by atoms with van der Waals surface area (Å²) in [5, 5.41) is 9.87. The summed E-state index contributed by atoms with van der Waals surface area (Å²) < 4.78 is 5.87. The van der Waals surface area contributed by atoms with E-state index in [2.05, 4.69) is 6.92 Å². The molecular formula is C17H20ClNO2. The van der Waals surface area contributed by atoms with Crippen molar-refractivity contribution in [2.45, 2.75) is 32.4 Å². The molecule has 0 fully saturated rings. The first kappa shape index (κ1) is 15.7. The Labute approximate surface area is 130 Å². The Kier molecular flexibility index (Phi) is 5.48. The molecule has 0 heterocycles. The highest BCUT2D eigenvalue weighted by Crippen LogP contribution is 2.30. The van der Waals surface area contributed by atoms with Crippen molar-refractivity contribution in [1.82, 2.24) is 0 Å². The molecule has 2 aromatic carbocycles. The van der Waals surface area contributed by atoms with Crippen molar-refractivity contribution in [3.63, 3.8) is 0 Å². The number of benzene rings is 2. The van der Waals surface area contributed by atoms with E-state index in [1.54, 1.807) is 12.1 Å². The van der Waals surface area contributed by atoms with Crippen LogP contribution in [0.2, 0.25) is 5.02 Å². The maximum atomic E-state index is 9.28. The van der Waals surface area contributed by atoms with Crippen molar-refractivity contribution in [2.75, 3.05) is 0 Å². The molecule has 0 aliphatic carbocycles. The summed E-state index contributed by atoms with van der Waals surface area (Å²) in [6.07, 6.45) is 1.64. The molecule has 0 aromatic heterocycles. The zero-order valence-electron chi connectivity index (χ0n) is 12.1. The van der Waals surface area contributed by atoms with Gasteiger partial charge in [-0.2, -0.15) is 0 Å². The predicted octanol–water partition coefficient (Wildman–Crippen LogP) is 3.90. The minimum Gasteiger partial charge on any atom is -0.508 e. The topological polar surface area (TPSA) is 55.5 Å². The van der Waals surface area contributed by atoms with E-state index in [1.165, 1.54) is 0 Å². The Balaban J connectivity index is 2.12. The van der Waals surface area contributed by atoms with Gasteiger partial charge in [-0.25, -0.2) is 0 Å². The van der Waals surface area contributed by atoms with Crippen molar-refractivity contribution < 1.29 is 9.84 Å². The first-order valence-electron chi connectivity index (χ1n) is 7.03. The van der Waals surface area contributed by atoms with E-state index in [9.17, 15) is 5.11 Å². The molecule has 2 rings (SSSR count). The summed E-state index contributed by atoms with van der Waals surface area (Å²) in [5.74, 6) is 0.933. The molecule has 1 unspecified atom stereocenters. The van der Waals surface area contributed by atoms with Gasteiger partial charge in [-0.15, -0.1) is 0 Å². The third kappa shape index (κ3) is 4.38. The van der Waals surface area contributed by atoms with Crippen LogP contribution in [0.4, 0.5) is 0 Å². The van der Waals surface area contributed by atoms with E-state index in [4.69, 9.17) is 22.1 Å². The van der Waals surface area contributed by atoms with Crippen LogP contribution < -0.4 is 10.5 Å². The molecule has 0 aliphatic heterocycles. The number of hydrogen-bond acceptors (Lipinski definition) is 3. The van der Waals surface area contributed by atoms with E-state index in [1.807, 2.05) is 30.3 Å². The summed E-state index contributed by atoms with van der Waals surface area (Å²) >= 11 is 6.24. The van der Waals surface area contributed by atoms with Crippen LogP contribution in [0.1, 0.15) is 24.5 Å². The SMILES string of the molecule is CCC(N)Cc1cccc(Cl)c1OCc1ccc(O)cc1. The first-order valence-corrected chi connectivity index (χ1v) is 7.41. The third-order valence-electron chi connectivity index (χ3n) is 3.37. The lowest BCUT2D eigenvalue weighted by atomic mass is 10.0. The molecule has 0 radical (unpaired) electrons. The molecule has 0 amide bonds. The van der Waals surface area contributed by atoms with Gasteiger partial charge in [0, 0.05) is 6.04 Å². The van der Waals surface area contributed by atoms with Gasteiger partial charge in [-0.05, 0) is 42.2 Å². The highest BCUT2D eigenvalue weighted by atomic mass is 35.5. The normalized spacial score (nSPS) is 12.1. The van der Waals surface area contributed by atoms with E-state index in [0.29, 0.717) is 17.4 Å². The Morgan fingerprint density at radius 3 is 2.57 bits per heavy atom. The van der Waals surface area contributed by atoms with Crippen molar-refractivity contribution in [1.29, 1.82) is 0 Å². The quantitative estimate of drug-likeness (QED) is 0.851. The van der Waals surface area contributed by atoms with Crippen LogP contribution in [0, 0.1) is 0 Å². The summed E-state index contributed by atoms with van der Waals surface area (Å²) in [6.45, 7) is 2.46. The van der Waals surface area contributed by atoms with Gasteiger partial charge in [0.25, 0.3) is 0 Å². The second kappa shape index (κ2) is 7.34. The summed E-state index contributed by atoms with van der Waals surface area (Å²) in [6, 6.07) is 12.7. The van der Waals surface area contributed by atoms with Crippen molar-refractivity contribution in [3.05, 3.63) is 58.6 Å². The average molecular weight is 306 g/mol. The molecule has 1 atom stereocenters.